The number of aromatic nitrogens is 1. The van der Waals surface area contributed by atoms with Gasteiger partial charge in [0.2, 0.25) is 5.13 Å². The number of anilines is 1. The monoisotopic (exact) mass is 367 g/mol. The summed E-state index contributed by atoms with van der Waals surface area (Å²) in [5.41, 5.74) is 5.62. The fourth-order valence-electron chi connectivity index (χ4n) is 2.24. The maximum Gasteiger partial charge on any atom is 0.308 e. The Labute approximate surface area is 155 Å². The molecule has 0 atom stereocenters. The zero-order chi connectivity index (χ0) is 18.4. The van der Waals surface area contributed by atoms with Crippen molar-refractivity contribution in [3.8, 4) is 22.8 Å². The number of rotatable bonds is 6. The molecule has 0 aliphatic carbocycles. The maximum absolute atomic E-state index is 11.2. The van der Waals surface area contributed by atoms with Gasteiger partial charge in [-0.2, -0.15) is 5.10 Å². The molecule has 0 spiro atoms. The number of benzene rings is 2. The molecule has 1 aromatic heterocycles. The fourth-order valence-corrected chi connectivity index (χ4v) is 2.91. The molecule has 0 fully saturated rings. The summed E-state index contributed by atoms with van der Waals surface area (Å²) in [6, 6.07) is 15.2. The fraction of sp³-hybridized carbons (Fsp3) is 0.105. The van der Waals surface area contributed by atoms with Crippen molar-refractivity contribution < 1.29 is 14.3 Å². The highest BCUT2D eigenvalue weighted by atomic mass is 32.1. The van der Waals surface area contributed by atoms with E-state index >= 15 is 0 Å². The van der Waals surface area contributed by atoms with Crippen molar-refractivity contribution >= 4 is 28.7 Å². The molecule has 3 rings (SSSR count). The highest BCUT2D eigenvalue weighted by Crippen LogP contribution is 2.28. The predicted octanol–water partition coefficient (Wildman–Crippen LogP) is 4.19. The summed E-state index contributed by atoms with van der Waals surface area (Å²) in [7, 11) is 1.52. The molecule has 7 heteroatoms. The van der Waals surface area contributed by atoms with E-state index in [1.165, 1.54) is 25.4 Å². The van der Waals surface area contributed by atoms with E-state index < -0.39 is 5.97 Å². The van der Waals surface area contributed by atoms with Gasteiger partial charge >= 0.3 is 5.97 Å². The van der Waals surface area contributed by atoms with Crippen molar-refractivity contribution in [2.24, 2.45) is 5.10 Å². The zero-order valence-electron chi connectivity index (χ0n) is 14.3. The maximum atomic E-state index is 11.2. The van der Waals surface area contributed by atoms with Crippen LogP contribution in [0.25, 0.3) is 11.3 Å². The number of methoxy groups -OCH3 is 1. The molecular formula is C19H17N3O3S. The summed E-state index contributed by atoms with van der Waals surface area (Å²) in [6.45, 7) is 1.34. The summed E-state index contributed by atoms with van der Waals surface area (Å²) in [4.78, 5) is 15.7. The number of hydrogen-bond donors (Lipinski definition) is 1. The average molecular weight is 367 g/mol. The van der Waals surface area contributed by atoms with Crippen LogP contribution in [0.2, 0.25) is 0 Å². The molecule has 2 aromatic carbocycles. The highest BCUT2D eigenvalue weighted by molar-refractivity contribution is 7.14. The first-order chi connectivity index (χ1) is 12.7. The SMILES string of the molecule is COc1ccc(C=NNc2nc(-c3ccccc3)cs2)cc1OC(C)=O. The lowest BCUT2D eigenvalue weighted by Crippen LogP contribution is -2.03. The molecule has 0 bridgehead atoms. The van der Waals surface area contributed by atoms with Gasteiger partial charge in [-0.15, -0.1) is 11.3 Å². The highest BCUT2D eigenvalue weighted by Gasteiger charge is 2.07. The van der Waals surface area contributed by atoms with E-state index in [2.05, 4.69) is 15.5 Å². The van der Waals surface area contributed by atoms with Crippen LogP contribution in [-0.4, -0.2) is 24.3 Å². The van der Waals surface area contributed by atoms with Gasteiger partial charge in [-0.1, -0.05) is 30.3 Å². The van der Waals surface area contributed by atoms with Crippen LogP contribution in [0.3, 0.4) is 0 Å². The third kappa shape index (κ3) is 4.46. The van der Waals surface area contributed by atoms with E-state index in [1.807, 2.05) is 41.8 Å². The van der Waals surface area contributed by atoms with E-state index in [-0.39, 0.29) is 0 Å². The van der Waals surface area contributed by atoms with Crippen LogP contribution in [0.15, 0.2) is 59.0 Å². The molecule has 0 unspecified atom stereocenters. The first-order valence-corrected chi connectivity index (χ1v) is 8.70. The van der Waals surface area contributed by atoms with Gasteiger partial charge in [-0.25, -0.2) is 4.98 Å². The van der Waals surface area contributed by atoms with Crippen molar-refractivity contribution in [2.45, 2.75) is 6.92 Å². The van der Waals surface area contributed by atoms with Crippen LogP contribution in [0.5, 0.6) is 11.5 Å². The number of ether oxygens (including phenoxy) is 2. The lowest BCUT2D eigenvalue weighted by Gasteiger charge is -2.08. The first kappa shape index (κ1) is 17.6. The second kappa shape index (κ2) is 8.26. The van der Waals surface area contributed by atoms with Gasteiger partial charge in [0.1, 0.15) is 0 Å². The van der Waals surface area contributed by atoms with Crippen molar-refractivity contribution in [2.75, 3.05) is 12.5 Å². The van der Waals surface area contributed by atoms with E-state index in [0.29, 0.717) is 16.6 Å². The van der Waals surface area contributed by atoms with Gasteiger partial charge in [-0.05, 0) is 23.8 Å². The minimum absolute atomic E-state index is 0.351. The van der Waals surface area contributed by atoms with Gasteiger partial charge in [-0.3, -0.25) is 10.2 Å². The Kier molecular flexibility index (Phi) is 5.60. The first-order valence-electron chi connectivity index (χ1n) is 7.82. The molecule has 0 saturated heterocycles. The number of esters is 1. The Balaban J connectivity index is 1.69. The second-order valence-corrected chi connectivity index (χ2v) is 6.14. The Hall–Kier alpha value is -3.19. The summed E-state index contributed by atoms with van der Waals surface area (Å²) in [5, 5.41) is 6.85. The number of hydrazone groups is 1. The Morgan fingerprint density at radius 2 is 2.00 bits per heavy atom. The van der Waals surface area contributed by atoms with Crippen LogP contribution in [0, 0.1) is 0 Å². The lowest BCUT2D eigenvalue weighted by molar-refractivity contribution is -0.132. The third-order valence-electron chi connectivity index (χ3n) is 3.39. The molecule has 132 valence electrons. The van der Waals surface area contributed by atoms with Gasteiger partial charge in [0.15, 0.2) is 11.5 Å². The van der Waals surface area contributed by atoms with Crippen molar-refractivity contribution in [3.63, 3.8) is 0 Å². The number of carbonyl (C=O) groups is 1. The van der Waals surface area contributed by atoms with Crippen LogP contribution in [0.1, 0.15) is 12.5 Å². The number of hydrogen-bond acceptors (Lipinski definition) is 7. The van der Waals surface area contributed by atoms with Crippen molar-refractivity contribution in [1.82, 2.24) is 4.98 Å². The minimum Gasteiger partial charge on any atom is -0.493 e. The molecule has 3 aromatic rings. The number of thiazole rings is 1. The van der Waals surface area contributed by atoms with Gasteiger partial charge in [0.05, 0.1) is 19.0 Å². The van der Waals surface area contributed by atoms with E-state index in [4.69, 9.17) is 9.47 Å². The molecule has 0 aliphatic heterocycles. The molecule has 26 heavy (non-hydrogen) atoms. The third-order valence-corrected chi connectivity index (χ3v) is 4.14. The second-order valence-electron chi connectivity index (χ2n) is 5.28. The summed E-state index contributed by atoms with van der Waals surface area (Å²) in [5.74, 6) is 0.425. The quantitative estimate of drug-likeness (QED) is 0.306. The predicted molar refractivity (Wildman–Crippen MR) is 103 cm³/mol. The van der Waals surface area contributed by atoms with Gasteiger partial charge in [0.25, 0.3) is 0 Å². The number of nitrogens with one attached hydrogen (secondary N) is 1. The van der Waals surface area contributed by atoms with E-state index in [0.717, 1.165) is 16.8 Å². The summed E-state index contributed by atoms with van der Waals surface area (Å²) < 4.78 is 10.3. The van der Waals surface area contributed by atoms with Crippen LogP contribution < -0.4 is 14.9 Å². The standard InChI is InChI=1S/C19H17N3O3S/c1-13(23)25-18-10-14(8-9-17(18)24-2)11-20-22-19-21-16(12-26-19)15-6-4-3-5-7-15/h3-12H,1-2H3,(H,21,22). The zero-order valence-corrected chi connectivity index (χ0v) is 15.1. The largest absolute Gasteiger partial charge is 0.493 e. The molecule has 0 amide bonds. The Morgan fingerprint density at radius 3 is 2.73 bits per heavy atom. The van der Waals surface area contributed by atoms with Crippen molar-refractivity contribution in [3.05, 3.63) is 59.5 Å². The van der Waals surface area contributed by atoms with E-state index in [9.17, 15) is 4.79 Å². The Morgan fingerprint density at radius 1 is 1.19 bits per heavy atom. The Bertz CT molecular complexity index is 923. The van der Waals surface area contributed by atoms with Crippen LogP contribution in [0.4, 0.5) is 5.13 Å². The molecule has 0 saturated carbocycles. The number of nitrogens with zero attached hydrogens (tertiary/aromatic N) is 2. The molecule has 6 nitrogen and oxygen atoms in total. The molecule has 0 radical (unpaired) electrons. The van der Waals surface area contributed by atoms with Gasteiger partial charge < -0.3 is 9.47 Å². The lowest BCUT2D eigenvalue weighted by atomic mass is 10.2. The summed E-state index contributed by atoms with van der Waals surface area (Å²) >= 11 is 1.47. The van der Waals surface area contributed by atoms with E-state index in [1.54, 1.807) is 18.3 Å². The minimum atomic E-state index is -0.410. The molecular weight excluding hydrogens is 350 g/mol. The molecule has 0 aliphatic rings. The molecule has 1 N–H and O–H groups in total. The van der Waals surface area contributed by atoms with Crippen LogP contribution in [-0.2, 0) is 4.79 Å². The smallest absolute Gasteiger partial charge is 0.308 e. The molecule has 1 heterocycles. The normalized spacial score (nSPS) is 10.7. The number of carbonyl (C=O) groups excluding carboxylic acids is 1. The van der Waals surface area contributed by atoms with Crippen LogP contribution >= 0.6 is 11.3 Å². The summed E-state index contributed by atoms with van der Waals surface area (Å²) in [6.07, 6.45) is 1.62. The van der Waals surface area contributed by atoms with Crippen molar-refractivity contribution in [1.29, 1.82) is 0 Å². The van der Waals surface area contributed by atoms with Gasteiger partial charge in [0, 0.05) is 17.9 Å². The topological polar surface area (TPSA) is 72.8 Å². The average Bonchev–Trinajstić information content (AvgIpc) is 3.11.